The van der Waals surface area contributed by atoms with Gasteiger partial charge in [-0.3, -0.25) is 9.88 Å². The minimum atomic E-state index is -4.95. The van der Waals surface area contributed by atoms with Gasteiger partial charge in [-0.1, -0.05) is 54.6 Å². The Morgan fingerprint density at radius 2 is 1.76 bits per heavy atom. The van der Waals surface area contributed by atoms with Crippen molar-refractivity contribution in [3.05, 3.63) is 130 Å². The fourth-order valence-corrected chi connectivity index (χ4v) is 6.40. The van der Waals surface area contributed by atoms with Gasteiger partial charge >= 0.3 is 12.1 Å². The van der Waals surface area contributed by atoms with Crippen LogP contribution in [-0.2, 0) is 30.3 Å². The topological polar surface area (TPSA) is 93.4 Å². The van der Waals surface area contributed by atoms with Gasteiger partial charge in [0.2, 0.25) is 0 Å². The van der Waals surface area contributed by atoms with Gasteiger partial charge in [0.25, 0.3) is 0 Å². The fourth-order valence-electron chi connectivity index (χ4n) is 6.40. The lowest BCUT2D eigenvalue weighted by molar-refractivity contribution is -0.143. The number of benzene rings is 2. The summed E-state index contributed by atoms with van der Waals surface area (Å²) in [5, 5.41) is 13.1. The third-order valence-corrected chi connectivity index (χ3v) is 8.40. The Hall–Kier alpha value is -4.87. The Labute approximate surface area is 256 Å². The number of rotatable bonds is 7. The molecule has 0 amide bonds. The van der Waals surface area contributed by atoms with Gasteiger partial charge in [-0.25, -0.2) is 14.5 Å². The van der Waals surface area contributed by atoms with Gasteiger partial charge in [-0.15, -0.1) is 0 Å². The van der Waals surface area contributed by atoms with E-state index in [0.29, 0.717) is 23.1 Å². The largest absolute Gasteiger partial charge is 0.478 e. The van der Waals surface area contributed by atoms with E-state index < -0.39 is 23.4 Å². The molecule has 2 atom stereocenters. The molecule has 0 saturated carbocycles. The molecule has 0 saturated heterocycles. The highest BCUT2D eigenvalue weighted by Gasteiger charge is 2.41. The van der Waals surface area contributed by atoms with Crippen LogP contribution >= 0.6 is 0 Å². The van der Waals surface area contributed by atoms with Crippen LogP contribution in [0.15, 0.2) is 91.3 Å². The number of hydrogen-bond donors (Lipinski definition) is 1. The molecule has 2 aromatic carbocycles. The van der Waals surface area contributed by atoms with Crippen molar-refractivity contribution in [2.24, 2.45) is 0 Å². The zero-order chi connectivity index (χ0) is 31.1. The van der Waals surface area contributed by atoms with Crippen LogP contribution in [0, 0.1) is 0 Å². The van der Waals surface area contributed by atoms with E-state index in [9.17, 15) is 23.1 Å². The molecule has 11 heteroatoms. The normalized spacial score (nSPS) is 18.0. The first-order valence-electron chi connectivity index (χ1n) is 14.6. The number of alkyl halides is 3. The molecule has 5 aromatic rings. The number of carboxylic acids is 1. The van der Waals surface area contributed by atoms with Gasteiger partial charge in [0.05, 0.1) is 23.7 Å². The minimum Gasteiger partial charge on any atom is -0.478 e. The third kappa shape index (κ3) is 5.49. The molecule has 2 unspecified atom stereocenters. The molecule has 0 spiro atoms. The number of halogens is 3. The molecule has 2 aliphatic rings. The van der Waals surface area contributed by atoms with Gasteiger partial charge < -0.3 is 9.84 Å². The monoisotopic (exact) mass is 611 g/mol. The number of carbonyl (C=O) groups is 1. The SMILES string of the molecule is O=C(O)c1cnn(-c2cccc(-c3cccc4c3C(OC3c5ccccc5CCN3Cc3ccccn3)CC4)n2)c1C(F)(F)F. The maximum atomic E-state index is 14.0. The summed E-state index contributed by atoms with van der Waals surface area (Å²) in [5.41, 5.74) is 4.20. The summed E-state index contributed by atoms with van der Waals surface area (Å²) in [6, 6.07) is 24.7. The highest BCUT2D eigenvalue weighted by atomic mass is 19.4. The first kappa shape index (κ1) is 28.9. The summed E-state index contributed by atoms with van der Waals surface area (Å²) in [5.74, 6) is -1.85. The van der Waals surface area contributed by atoms with Crippen LogP contribution < -0.4 is 0 Å². The number of nitrogens with zero attached hydrogens (tertiary/aromatic N) is 5. The number of pyridine rings is 2. The van der Waals surface area contributed by atoms with E-state index in [2.05, 4.69) is 32.1 Å². The molecular weight excluding hydrogens is 583 g/mol. The Morgan fingerprint density at radius 1 is 0.956 bits per heavy atom. The molecule has 0 bridgehead atoms. The Kier molecular flexibility index (Phi) is 7.42. The van der Waals surface area contributed by atoms with E-state index in [1.54, 1.807) is 18.3 Å². The maximum Gasteiger partial charge on any atom is 0.434 e. The smallest absolute Gasteiger partial charge is 0.434 e. The summed E-state index contributed by atoms with van der Waals surface area (Å²) in [7, 11) is 0. The van der Waals surface area contributed by atoms with Crippen LogP contribution in [0.25, 0.3) is 17.1 Å². The van der Waals surface area contributed by atoms with Crippen molar-refractivity contribution in [1.82, 2.24) is 24.6 Å². The molecule has 1 aliphatic carbocycles. The van der Waals surface area contributed by atoms with Crippen LogP contribution in [0.3, 0.4) is 0 Å². The Bertz CT molecular complexity index is 1870. The van der Waals surface area contributed by atoms with E-state index in [0.717, 1.165) is 53.8 Å². The van der Waals surface area contributed by atoms with Crippen LogP contribution in [0.1, 0.15) is 62.8 Å². The number of aromatic carboxylic acids is 1. The molecule has 4 heterocycles. The van der Waals surface area contributed by atoms with Gasteiger partial charge in [-0.05, 0) is 65.8 Å². The molecule has 0 fully saturated rings. The summed E-state index contributed by atoms with van der Waals surface area (Å²) in [4.78, 5) is 22.9. The number of carboxylic acid groups (broad SMARTS) is 1. The van der Waals surface area contributed by atoms with Crippen molar-refractivity contribution in [3.63, 3.8) is 0 Å². The molecule has 0 radical (unpaired) electrons. The summed E-state index contributed by atoms with van der Waals surface area (Å²) in [6.45, 7) is 1.42. The van der Waals surface area contributed by atoms with Crippen molar-refractivity contribution in [3.8, 4) is 17.1 Å². The first-order chi connectivity index (χ1) is 21.8. The van der Waals surface area contributed by atoms with Gasteiger partial charge in [0.1, 0.15) is 11.8 Å². The maximum absolute atomic E-state index is 14.0. The minimum absolute atomic E-state index is 0.136. The summed E-state index contributed by atoms with van der Waals surface area (Å²) in [6.07, 6.45) is -0.681. The first-order valence-corrected chi connectivity index (χ1v) is 14.6. The average molecular weight is 612 g/mol. The Balaban J connectivity index is 1.26. The number of aromatic nitrogens is 4. The van der Waals surface area contributed by atoms with E-state index >= 15 is 0 Å². The molecule has 1 aliphatic heterocycles. The zero-order valence-electron chi connectivity index (χ0n) is 24.0. The third-order valence-electron chi connectivity index (χ3n) is 8.40. The van der Waals surface area contributed by atoms with Crippen LogP contribution in [0.2, 0.25) is 0 Å². The second kappa shape index (κ2) is 11.6. The summed E-state index contributed by atoms with van der Waals surface area (Å²) < 4.78 is 49.4. The van der Waals surface area contributed by atoms with E-state index in [-0.39, 0.29) is 18.1 Å². The van der Waals surface area contributed by atoms with Gasteiger partial charge in [0, 0.05) is 24.8 Å². The van der Waals surface area contributed by atoms with Gasteiger partial charge in [-0.2, -0.15) is 18.3 Å². The van der Waals surface area contributed by atoms with Crippen molar-refractivity contribution in [2.45, 2.75) is 44.3 Å². The Morgan fingerprint density at radius 3 is 2.56 bits per heavy atom. The molecule has 45 heavy (non-hydrogen) atoms. The average Bonchev–Trinajstić information content (AvgIpc) is 3.68. The van der Waals surface area contributed by atoms with Crippen LogP contribution in [0.5, 0.6) is 0 Å². The molecule has 3 aromatic heterocycles. The number of ether oxygens (including phenoxy) is 1. The predicted octanol–water partition coefficient (Wildman–Crippen LogP) is 6.81. The fraction of sp³-hybridized carbons (Fsp3) is 0.235. The second-order valence-electron chi connectivity index (χ2n) is 11.1. The lowest BCUT2D eigenvalue weighted by Gasteiger charge is -2.38. The van der Waals surface area contributed by atoms with E-state index in [4.69, 9.17) is 4.74 Å². The number of aryl methyl sites for hydroxylation is 1. The molecule has 1 N–H and O–H groups in total. The predicted molar refractivity (Wildman–Crippen MR) is 158 cm³/mol. The quantitative estimate of drug-likeness (QED) is 0.216. The number of fused-ring (bicyclic) bond motifs is 2. The van der Waals surface area contributed by atoms with E-state index in [1.807, 2.05) is 48.5 Å². The van der Waals surface area contributed by atoms with E-state index in [1.165, 1.54) is 11.6 Å². The van der Waals surface area contributed by atoms with Crippen LogP contribution in [0.4, 0.5) is 13.2 Å². The number of hydrogen-bond acceptors (Lipinski definition) is 6. The van der Waals surface area contributed by atoms with Crippen molar-refractivity contribution < 1.29 is 27.8 Å². The lowest BCUT2D eigenvalue weighted by atomic mass is 9.96. The molecular formula is C34H28F3N5O3. The van der Waals surface area contributed by atoms with Crippen LogP contribution in [-0.4, -0.2) is 42.3 Å². The highest BCUT2D eigenvalue weighted by Crippen LogP contribution is 2.45. The molecule has 228 valence electrons. The molecule has 7 rings (SSSR count). The standard InChI is InChI=1S/C34H28F3N5O3/c35-34(36,37)31-26(33(43)44)19-39-42(31)29-13-6-12-27(40-29)25-11-5-8-22-14-15-28(30(22)25)45-32-24-10-2-1-7-21(24)16-18-41(32)20-23-9-3-4-17-38-23/h1-13,17,19,28,32H,14-16,18,20H2,(H,43,44). The lowest BCUT2D eigenvalue weighted by Crippen LogP contribution is -2.37. The zero-order valence-corrected chi connectivity index (χ0v) is 24.0. The van der Waals surface area contributed by atoms with Crippen molar-refractivity contribution >= 4 is 5.97 Å². The van der Waals surface area contributed by atoms with Crippen molar-refractivity contribution in [2.75, 3.05) is 6.54 Å². The van der Waals surface area contributed by atoms with Crippen molar-refractivity contribution in [1.29, 1.82) is 0 Å². The highest BCUT2D eigenvalue weighted by molar-refractivity contribution is 5.89. The summed E-state index contributed by atoms with van der Waals surface area (Å²) >= 11 is 0. The van der Waals surface area contributed by atoms with Gasteiger partial charge in [0.15, 0.2) is 11.5 Å². The molecule has 8 nitrogen and oxygen atoms in total. The second-order valence-corrected chi connectivity index (χ2v) is 11.1.